The average molecular weight is 419 g/mol. The Hall–Kier alpha value is -2.19. The van der Waals surface area contributed by atoms with Crippen molar-refractivity contribution in [2.24, 2.45) is 0 Å². The molecule has 1 saturated heterocycles. The molecule has 0 unspecified atom stereocenters. The van der Waals surface area contributed by atoms with Gasteiger partial charge in [0.25, 0.3) is 5.56 Å². The monoisotopic (exact) mass is 419 g/mol. The van der Waals surface area contributed by atoms with E-state index < -0.39 is 50.4 Å². The Morgan fingerprint density at radius 3 is 2.79 bits per heavy atom. The smallest absolute Gasteiger partial charge is 0.387 e. The molecule has 0 aliphatic carbocycles. The van der Waals surface area contributed by atoms with E-state index in [1.165, 1.54) is 0 Å². The lowest BCUT2D eigenvalue weighted by atomic mass is 10.1. The minimum absolute atomic E-state index is 0.0389. The van der Waals surface area contributed by atoms with Crippen LogP contribution >= 0.6 is 7.82 Å². The molecule has 3 heterocycles. The molecule has 0 spiro atoms. The van der Waals surface area contributed by atoms with Crippen molar-refractivity contribution in [3.8, 4) is 0 Å². The van der Waals surface area contributed by atoms with E-state index in [0.29, 0.717) is 0 Å². The number of carbonyl (C=O) groups excluding carboxylic acids is 1. The van der Waals surface area contributed by atoms with E-state index in [-0.39, 0.29) is 23.5 Å². The molecule has 1 fully saturated rings. The molecule has 0 saturated carbocycles. The number of amides is 1. The number of anilines is 1. The van der Waals surface area contributed by atoms with Crippen LogP contribution in [0.15, 0.2) is 11.1 Å². The van der Waals surface area contributed by atoms with Crippen LogP contribution in [0, 0.1) is 0 Å². The van der Waals surface area contributed by atoms with Gasteiger partial charge in [0.15, 0.2) is 17.4 Å². The van der Waals surface area contributed by atoms with Crippen LogP contribution in [0.25, 0.3) is 11.2 Å². The summed E-state index contributed by atoms with van der Waals surface area (Å²) < 4.78 is 21.7. The van der Waals surface area contributed by atoms with Crippen molar-refractivity contribution in [2.75, 3.05) is 11.9 Å². The number of carbonyl (C=O) groups is 1. The molecule has 3 rings (SSSR count). The van der Waals surface area contributed by atoms with Gasteiger partial charge < -0.3 is 24.7 Å². The molecule has 154 valence electrons. The number of imidazole rings is 1. The van der Waals surface area contributed by atoms with E-state index in [0.717, 1.165) is 10.9 Å². The summed E-state index contributed by atoms with van der Waals surface area (Å²) in [7, 11) is -4.80. The maximum Gasteiger partial charge on any atom is 0.469 e. The molecular weight excluding hydrogens is 401 g/mol. The summed E-state index contributed by atoms with van der Waals surface area (Å²) in [5.74, 6) is -0.531. The minimum atomic E-state index is -4.80. The largest absolute Gasteiger partial charge is 0.469 e. The van der Waals surface area contributed by atoms with Gasteiger partial charge in [0.05, 0.1) is 12.9 Å². The number of hydrogen-bond donors (Lipinski definition) is 6. The summed E-state index contributed by atoms with van der Waals surface area (Å²) >= 11 is 0. The van der Waals surface area contributed by atoms with Crippen molar-refractivity contribution in [3.63, 3.8) is 0 Å². The summed E-state index contributed by atoms with van der Waals surface area (Å²) in [6.07, 6.45) is -4.29. The van der Waals surface area contributed by atoms with Gasteiger partial charge in [0.2, 0.25) is 11.9 Å². The van der Waals surface area contributed by atoms with Gasteiger partial charge in [-0.25, -0.2) is 9.55 Å². The summed E-state index contributed by atoms with van der Waals surface area (Å²) in [5.41, 5.74) is -0.790. The number of aromatic amines is 1. The van der Waals surface area contributed by atoms with E-state index in [1.54, 1.807) is 6.92 Å². The highest BCUT2D eigenvalue weighted by Crippen LogP contribution is 2.38. The van der Waals surface area contributed by atoms with Crippen LogP contribution in [0.1, 0.15) is 19.6 Å². The Labute approximate surface area is 156 Å². The van der Waals surface area contributed by atoms with Crippen molar-refractivity contribution >= 4 is 30.8 Å². The molecule has 0 radical (unpaired) electrons. The van der Waals surface area contributed by atoms with Crippen molar-refractivity contribution in [2.45, 2.75) is 37.9 Å². The first-order chi connectivity index (χ1) is 13.1. The van der Waals surface area contributed by atoms with Crippen molar-refractivity contribution in [1.29, 1.82) is 0 Å². The third-order valence-corrected chi connectivity index (χ3v) is 4.52. The minimum Gasteiger partial charge on any atom is -0.387 e. The molecule has 2 aromatic rings. The second kappa shape index (κ2) is 7.67. The third-order valence-electron chi connectivity index (χ3n) is 4.03. The number of rotatable bonds is 6. The number of nitrogens with one attached hydrogen (secondary N) is 2. The Bertz CT molecular complexity index is 984. The molecule has 1 aliphatic rings. The van der Waals surface area contributed by atoms with Crippen molar-refractivity contribution in [1.82, 2.24) is 19.5 Å². The lowest BCUT2D eigenvalue weighted by molar-refractivity contribution is -0.115. The lowest BCUT2D eigenvalue weighted by Crippen LogP contribution is -2.33. The maximum absolute atomic E-state index is 12.1. The number of fused-ring (bicyclic) bond motifs is 1. The second-order valence-corrected chi connectivity index (χ2v) is 7.21. The Kier molecular flexibility index (Phi) is 5.63. The molecule has 1 aliphatic heterocycles. The fourth-order valence-electron chi connectivity index (χ4n) is 2.66. The van der Waals surface area contributed by atoms with Gasteiger partial charge in [-0.1, -0.05) is 6.92 Å². The average Bonchev–Trinajstić information content (AvgIpc) is 3.15. The predicted octanol–water partition coefficient (Wildman–Crippen LogP) is -1.80. The SMILES string of the molecule is CCC(=O)Nc1nc2c(ncn2[C@@H]2O[C@H](COP(=O)(O)O)[C@@H](O)[C@H]2O)c(=O)[nH]1. The number of phosphoric ester groups is 1. The van der Waals surface area contributed by atoms with E-state index in [9.17, 15) is 24.4 Å². The van der Waals surface area contributed by atoms with Crippen LogP contribution in [0.5, 0.6) is 0 Å². The van der Waals surface area contributed by atoms with E-state index >= 15 is 0 Å². The van der Waals surface area contributed by atoms with Gasteiger partial charge in [0.1, 0.15) is 18.3 Å². The van der Waals surface area contributed by atoms with Gasteiger partial charge in [-0.2, -0.15) is 4.98 Å². The van der Waals surface area contributed by atoms with Crippen LogP contribution < -0.4 is 10.9 Å². The summed E-state index contributed by atoms with van der Waals surface area (Å²) in [6.45, 7) is 0.928. The van der Waals surface area contributed by atoms with Crippen LogP contribution in [0.3, 0.4) is 0 Å². The quantitative estimate of drug-likeness (QED) is 0.288. The summed E-state index contributed by atoms with van der Waals surface area (Å²) in [5, 5.41) is 22.7. The molecule has 4 atom stereocenters. The third kappa shape index (κ3) is 4.12. The van der Waals surface area contributed by atoms with Crippen LogP contribution in [-0.4, -0.2) is 70.3 Å². The number of aromatic nitrogens is 4. The Balaban J connectivity index is 1.91. The standard InChI is InChI=1S/C13H18N5O9P/c1-2-6(19)15-13-16-10-7(11(22)17-13)14-4-18(10)12-9(21)8(20)5(27-12)3-26-28(23,24)25/h4-5,8-9,12,20-21H,2-3H2,1H3,(H2,23,24,25)(H2,15,16,17,19,22)/t5-,8-,9-,12-/m1/s1. The van der Waals surface area contributed by atoms with Gasteiger partial charge in [-0.05, 0) is 0 Å². The number of hydrogen-bond acceptors (Lipinski definition) is 9. The predicted molar refractivity (Wildman–Crippen MR) is 91.0 cm³/mol. The van der Waals surface area contributed by atoms with Gasteiger partial charge in [0, 0.05) is 6.42 Å². The molecule has 0 bridgehead atoms. The first-order valence-corrected chi connectivity index (χ1v) is 9.62. The van der Waals surface area contributed by atoms with Gasteiger partial charge in [-0.3, -0.25) is 29.0 Å². The highest BCUT2D eigenvalue weighted by Gasteiger charge is 2.45. The zero-order valence-electron chi connectivity index (χ0n) is 14.4. The number of nitrogens with zero attached hydrogens (tertiary/aromatic N) is 3. The zero-order chi connectivity index (χ0) is 20.6. The number of aliphatic hydroxyl groups is 2. The Morgan fingerprint density at radius 1 is 1.43 bits per heavy atom. The topological polar surface area (TPSA) is 209 Å². The number of H-pyrrole nitrogens is 1. The Morgan fingerprint density at radius 2 is 2.14 bits per heavy atom. The number of phosphoric acid groups is 1. The molecule has 6 N–H and O–H groups in total. The fourth-order valence-corrected chi connectivity index (χ4v) is 3.00. The van der Waals surface area contributed by atoms with Crippen LogP contribution in [0.4, 0.5) is 5.95 Å². The van der Waals surface area contributed by atoms with Gasteiger partial charge in [-0.15, -0.1) is 0 Å². The highest BCUT2D eigenvalue weighted by atomic mass is 31.2. The number of ether oxygens (including phenoxy) is 1. The normalized spacial score (nSPS) is 25.3. The van der Waals surface area contributed by atoms with Crippen molar-refractivity contribution < 1.29 is 38.6 Å². The van der Waals surface area contributed by atoms with E-state index in [1.807, 2.05) is 0 Å². The van der Waals surface area contributed by atoms with E-state index in [2.05, 4.69) is 24.8 Å². The molecule has 1 amide bonds. The number of aliphatic hydroxyl groups excluding tert-OH is 2. The molecule has 15 heteroatoms. The van der Waals surface area contributed by atoms with E-state index in [4.69, 9.17) is 14.5 Å². The molecule has 14 nitrogen and oxygen atoms in total. The molecule has 0 aromatic carbocycles. The van der Waals surface area contributed by atoms with Crippen molar-refractivity contribution in [3.05, 3.63) is 16.7 Å². The summed E-state index contributed by atoms with van der Waals surface area (Å²) in [6, 6.07) is 0. The highest BCUT2D eigenvalue weighted by molar-refractivity contribution is 7.46. The first-order valence-electron chi connectivity index (χ1n) is 8.09. The summed E-state index contributed by atoms with van der Waals surface area (Å²) in [4.78, 5) is 51.5. The zero-order valence-corrected chi connectivity index (χ0v) is 15.3. The van der Waals surface area contributed by atoms with Crippen LogP contribution in [0.2, 0.25) is 0 Å². The second-order valence-electron chi connectivity index (χ2n) is 5.97. The first kappa shape index (κ1) is 20.5. The van der Waals surface area contributed by atoms with Gasteiger partial charge >= 0.3 is 7.82 Å². The van der Waals surface area contributed by atoms with Crippen LogP contribution in [-0.2, 0) is 18.6 Å². The maximum atomic E-state index is 12.1. The lowest BCUT2D eigenvalue weighted by Gasteiger charge is -2.16. The molecule has 28 heavy (non-hydrogen) atoms. The fraction of sp³-hybridized carbons (Fsp3) is 0.538. The molecule has 2 aromatic heterocycles. The molecular formula is C13H18N5O9P.